The maximum Gasteiger partial charge on any atom is 0.416 e. The van der Waals surface area contributed by atoms with E-state index in [1.54, 1.807) is 0 Å². The van der Waals surface area contributed by atoms with Gasteiger partial charge in [0.15, 0.2) is 9.84 Å². The molecule has 0 aliphatic rings. The summed E-state index contributed by atoms with van der Waals surface area (Å²) in [4.78, 5) is 5.58. The zero-order chi connectivity index (χ0) is 19.8. The summed E-state index contributed by atoms with van der Waals surface area (Å²) in [6.07, 6.45) is -9.26. The summed E-state index contributed by atoms with van der Waals surface area (Å²) < 4.78 is 102. The molecule has 0 aliphatic heterocycles. The van der Waals surface area contributed by atoms with Gasteiger partial charge in [0.05, 0.1) is 34.0 Å². The molecule has 0 amide bonds. The lowest BCUT2D eigenvalue weighted by atomic mass is 10.1. The molecule has 0 atom stereocenters. The third-order valence-corrected chi connectivity index (χ3v) is 4.83. The highest BCUT2D eigenvalue weighted by Gasteiger charge is 2.38. The fraction of sp³-hybridized carbons (Fsp3) is 0.200. The molecular formula is C15H8F6N2O2S. The highest BCUT2D eigenvalue weighted by molar-refractivity contribution is 7.90. The molecule has 0 spiro atoms. The number of hydrogen-bond acceptors (Lipinski definition) is 3. The fourth-order valence-corrected chi connectivity index (χ4v) is 3.29. The number of pyridine rings is 1. The Morgan fingerprint density at radius 1 is 0.962 bits per heavy atom. The molecule has 2 rings (SSSR count). The maximum absolute atomic E-state index is 12.8. The normalized spacial score (nSPS) is 12.7. The third-order valence-electron chi connectivity index (χ3n) is 3.20. The van der Waals surface area contributed by atoms with E-state index in [4.69, 9.17) is 6.57 Å². The van der Waals surface area contributed by atoms with Crippen LogP contribution in [0.4, 0.5) is 32.0 Å². The molecule has 0 bridgehead atoms. The van der Waals surface area contributed by atoms with E-state index in [1.807, 2.05) is 0 Å². The van der Waals surface area contributed by atoms with Gasteiger partial charge in [-0.05, 0) is 18.2 Å². The number of hydrogen-bond donors (Lipinski definition) is 0. The van der Waals surface area contributed by atoms with Gasteiger partial charge in [0.1, 0.15) is 0 Å². The SMILES string of the molecule is [C-]#[N+]c1ccc(CS(=O)(=O)c2cc(C(F)(F)F)cc(C(F)(F)F)c2)nc1. The Morgan fingerprint density at radius 2 is 1.50 bits per heavy atom. The van der Waals surface area contributed by atoms with E-state index in [0.717, 1.165) is 12.3 Å². The van der Waals surface area contributed by atoms with Crippen molar-refractivity contribution in [2.75, 3.05) is 0 Å². The van der Waals surface area contributed by atoms with Crippen LogP contribution in [0.3, 0.4) is 0 Å². The summed E-state index contributed by atoms with van der Waals surface area (Å²) in [5.74, 6) is -0.913. The zero-order valence-electron chi connectivity index (χ0n) is 12.6. The summed E-state index contributed by atoms with van der Waals surface area (Å²) in [6.45, 7) is 6.75. The van der Waals surface area contributed by atoms with Gasteiger partial charge in [0, 0.05) is 6.20 Å². The van der Waals surface area contributed by atoms with Gasteiger partial charge in [-0.15, -0.1) is 0 Å². The molecule has 0 unspecified atom stereocenters. The van der Waals surface area contributed by atoms with Gasteiger partial charge in [-0.1, -0.05) is 12.1 Å². The van der Waals surface area contributed by atoms with E-state index < -0.39 is 44.0 Å². The average Bonchev–Trinajstić information content (AvgIpc) is 2.53. The Kier molecular flexibility index (Phi) is 5.01. The van der Waals surface area contributed by atoms with E-state index >= 15 is 0 Å². The van der Waals surface area contributed by atoms with Crippen molar-refractivity contribution in [3.63, 3.8) is 0 Å². The number of benzene rings is 1. The van der Waals surface area contributed by atoms with Crippen molar-refractivity contribution in [3.8, 4) is 0 Å². The minimum Gasteiger partial charge on any atom is -0.272 e. The standard InChI is InChI=1S/C15H8F6N2O2S/c1-22-11-2-3-12(23-7-11)8-26(24,25)13-5-9(14(16,17)18)4-10(6-13)15(19,20)21/h2-7H,8H2. The first-order valence-corrected chi connectivity index (χ1v) is 8.33. The van der Waals surface area contributed by atoms with Gasteiger partial charge in [-0.3, -0.25) is 4.98 Å². The predicted octanol–water partition coefficient (Wildman–Crippen LogP) is 4.64. The Hall–Kier alpha value is -2.61. The molecule has 0 radical (unpaired) electrons. The first-order chi connectivity index (χ1) is 11.8. The molecule has 1 aromatic carbocycles. The second kappa shape index (κ2) is 6.60. The van der Waals surface area contributed by atoms with Crippen LogP contribution in [0.15, 0.2) is 41.4 Å². The quantitative estimate of drug-likeness (QED) is 0.563. The summed E-state index contributed by atoms with van der Waals surface area (Å²) in [5, 5.41) is 0. The molecule has 0 fully saturated rings. The largest absolute Gasteiger partial charge is 0.416 e. The molecule has 11 heteroatoms. The number of halogens is 6. The predicted molar refractivity (Wildman–Crippen MR) is 77.8 cm³/mol. The van der Waals surface area contributed by atoms with E-state index in [0.29, 0.717) is 0 Å². The molecule has 138 valence electrons. The molecular weight excluding hydrogens is 386 g/mol. The molecule has 4 nitrogen and oxygen atoms in total. The van der Waals surface area contributed by atoms with Crippen molar-refractivity contribution < 1.29 is 34.8 Å². The van der Waals surface area contributed by atoms with Crippen molar-refractivity contribution in [2.45, 2.75) is 23.0 Å². The van der Waals surface area contributed by atoms with Crippen LogP contribution in [-0.4, -0.2) is 13.4 Å². The van der Waals surface area contributed by atoms with Gasteiger partial charge in [-0.25, -0.2) is 13.3 Å². The van der Waals surface area contributed by atoms with E-state index in [2.05, 4.69) is 9.83 Å². The van der Waals surface area contributed by atoms with Gasteiger partial charge in [0.2, 0.25) is 5.69 Å². The van der Waals surface area contributed by atoms with Crippen LogP contribution < -0.4 is 0 Å². The summed E-state index contributed by atoms with van der Waals surface area (Å²) in [5.41, 5.74) is -3.46. The topological polar surface area (TPSA) is 51.4 Å². The zero-order valence-corrected chi connectivity index (χ0v) is 13.4. The third kappa shape index (κ3) is 4.51. The molecule has 1 aromatic heterocycles. The number of rotatable bonds is 3. The highest BCUT2D eigenvalue weighted by Crippen LogP contribution is 2.37. The highest BCUT2D eigenvalue weighted by atomic mass is 32.2. The number of nitrogens with zero attached hydrogens (tertiary/aromatic N) is 2. The van der Waals surface area contributed by atoms with E-state index in [1.165, 1.54) is 6.07 Å². The molecule has 2 aromatic rings. The molecule has 26 heavy (non-hydrogen) atoms. The first kappa shape index (κ1) is 19.7. The van der Waals surface area contributed by atoms with Crippen molar-refractivity contribution in [1.82, 2.24) is 4.98 Å². The first-order valence-electron chi connectivity index (χ1n) is 6.67. The van der Waals surface area contributed by atoms with Gasteiger partial charge >= 0.3 is 12.4 Å². The molecule has 0 aliphatic carbocycles. The van der Waals surface area contributed by atoms with Crippen LogP contribution in [-0.2, 0) is 27.9 Å². The van der Waals surface area contributed by atoms with Crippen LogP contribution in [0.25, 0.3) is 4.85 Å². The van der Waals surface area contributed by atoms with Gasteiger partial charge in [-0.2, -0.15) is 26.3 Å². The summed E-state index contributed by atoms with van der Waals surface area (Å²) in [7, 11) is -4.54. The minimum atomic E-state index is -5.15. The van der Waals surface area contributed by atoms with Crippen LogP contribution >= 0.6 is 0 Å². The second-order valence-corrected chi connectivity index (χ2v) is 7.11. The molecule has 0 N–H and O–H groups in total. The lowest BCUT2D eigenvalue weighted by molar-refractivity contribution is -0.143. The lowest BCUT2D eigenvalue weighted by Crippen LogP contribution is -2.14. The Bertz CT molecular complexity index is 925. The summed E-state index contributed by atoms with van der Waals surface area (Å²) in [6, 6.07) is 2.54. The maximum atomic E-state index is 12.8. The minimum absolute atomic E-state index is 0.101. The fourth-order valence-electron chi connectivity index (χ4n) is 1.95. The molecule has 0 saturated heterocycles. The lowest BCUT2D eigenvalue weighted by Gasteiger charge is -2.14. The average molecular weight is 394 g/mol. The molecule has 1 heterocycles. The van der Waals surface area contributed by atoms with Gasteiger partial charge < -0.3 is 0 Å². The number of aromatic nitrogens is 1. The van der Waals surface area contributed by atoms with Crippen LogP contribution in [0.1, 0.15) is 16.8 Å². The van der Waals surface area contributed by atoms with Crippen molar-refractivity contribution in [1.29, 1.82) is 0 Å². The number of sulfone groups is 1. The second-order valence-electron chi connectivity index (χ2n) is 5.12. The van der Waals surface area contributed by atoms with Crippen LogP contribution in [0.5, 0.6) is 0 Å². The number of alkyl halides is 6. The monoisotopic (exact) mass is 394 g/mol. The van der Waals surface area contributed by atoms with Crippen LogP contribution in [0, 0.1) is 6.57 Å². The summed E-state index contributed by atoms with van der Waals surface area (Å²) >= 11 is 0. The Labute approximate surface area is 143 Å². The Morgan fingerprint density at radius 3 is 1.88 bits per heavy atom. The smallest absolute Gasteiger partial charge is 0.272 e. The Balaban J connectivity index is 2.52. The van der Waals surface area contributed by atoms with Crippen molar-refractivity contribution >= 4 is 15.5 Å². The van der Waals surface area contributed by atoms with Crippen LogP contribution in [0.2, 0.25) is 0 Å². The van der Waals surface area contributed by atoms with Gasteiger partial charge in [0.25, 0.3) is 0 Å². The van der Waals surface area contributed by atoms with Crippen molar-refractivity contribution in [3.05, 3.63) is 64.8 Å². The van der Waals surface area contributed by atoms with E-state index in [9.17, 15) is 34.8 Å². The van der Waals surface area contributed by atoms with E-state index in [-0.39, 0.29) is 29.6 Å². The molecule has 0 saturated carbocycles. The van der Waals surface area contributed by atoms with Crippen molar-refractivity contribution in [2.24, 2.45) is 0 Å².